The molecule has 0 radical (unpaired) electrons. The molecular weight excluding hydrogens is 187 g/mol. The summed E-state index contributed by atoms with van der Waals surface area (Å²) in [7, 11) is 1.62. The number of methoxy groups -OCH3 is 1. The molecule has 0 bridgehead atoms. The fraction of sp³-hybridized carbons (Fsp3) is 0.900. The van der Waals surface area contributed by atoms with Gasteiger partial charge in [-0.05, 0) is 19.3 Å². The van der Waals surface area contributed by atoms with Crippen LogP contribution in [0.3, 0.4) is 0 Å². The van der Waals surface area contributed by atoms with Crippen molar-refractivity contribution in [1.29, 1.82) is 0 Å². The number of carboxylic acid groups (broad SMARTS) is 1. The normalized spacial score (nSPS) is 35.9. The molecule has 2 saturated carbocycles. The maximum absolute atomic E-state index is 13.3. The quantitative estimate of drug-likeness (QED) is 0.756. The second-order valence-corrected chi connectivity index (χ2v) is 4.39. The molecule has 3 unspecified atom stereocenters. The van der Waals surface area contributed by atoms with Gasteiger partial charge in [0.1, 0.15) is 0 Å². The molecule has 0 aromatic carbocycles. The fourth-order valence-corrected chi connectivity index (χ4v) is 2.97. The Morgan fingerprint density at radius 3 is 2.64 bits per heavy atom. The number of rotatable bonds is 3. The third-order valence-electron chi connectivity index (χ3n) is 4.01. The van der Waals surface area contributed by atoms with E-state index in [4.69, 9.17) is 9.84 Å². The third-order valence-corrected chi connectivity index (χ3v) is 4.01. The van der Waals surface area contributed by atoms with Crippen molar-refractivity contribution in [2.45, 2.75) is 38.0 Å². The van der Waals surface area contributed by atoms with Gasteiger partial charge in [-0.25, -0.2) is 9.18 Å². The summed E-state index contributed by atoms with van der Waals surface area (Å²) >= 11 is 0. The zero-order valence-corrected chi connectivity index (χ0v) is 8.20. The van der Waals surface area contributed by atoms with E-state index in [1.54, 1.807) is 7.11 Å². The van der Waals surface area contributed by atoms with Crippen molar-refractivity contribution >= 4 is 5.97 Å². The standard InChI is InChI=1S/C10H15FO3/c1-14-7-5-6(8(11)9(12)13)10(7)3-2-4-10/h6-8H,2-5H2,1H3,(H,12,13). The summed E-state index contributed by atoms with van der Waals surface area (Å²) in [5.74, 6) is -1.64. The molecule has 3 nitrogen and oxygen atoms in total. The zero-order chi connectivity index (χ0) is 10.3. The molecule has 3 atom stereocenters. The predicted molar refractivity (Wildman–Crippen MR) is 47.7 cm³/mol. The first-order valence-electron chi connectivity index (χ1n) is 5.01. The lowest BCUT2D eigenvalue weighted by Gasteiger charge is -2.61. The van der Waals surface area contributed by atoms with Crippen molar-refractivity contribution in [2.24, 2.45) is 11.3 Å². The van der Waals surface area contributed by atoms with Crippen molar-refractivity contribution in [3.05, 3.63) is 0 Å². The van der Waals surface area contributed by atoms with E-state index in [0.717, 1.165) is 19.3 Å². The first kappa shape index (κ1) is 9.90. The highest BCUT2D eigenvalue weighted by Crippen LogP contribution is 2.62. The Bertz CT molecular complexity index is 250. The lowest BCUT2D eigenvalue weighted by Crippen LogP contribution is -2.62. The number of halogens is 1. The Morgan fingerprint density at radius 1 is 1.64 bits per heavy atom. The van der Waals surface area contributed by atoms with Gasteiger partial charge in [-0.3, -0.25) is 0 Å². The maximum Gasteiger partial charge on any atom is 0.338 e. The maximum atomic E-state index is 13.3. The zero-order valence-electron chi connectivity index (χ0n) is 8.20. The van der Waals surface area contributed by atoms with Gasteiger partial charge in [-0.1, -0.05) is 6.42 Å². The minimum atomic E-state index is -1.71. The number of hydrogen-bond donors (Lipinski definition) is 1. The van der Waals surface area contributed by atoms with Crippen LogP contribution in [0.2, 0.25) is 0 Å². The van der Waals surface area contributed by atoms with E-state index in [-0.39, 0.29) is 17.4 Å². The van der Waals surface area contributed by atoms with E-state index >= 15 is 0 Å². The van der Waals surface area contributed by atoms with Crippen LogP contribution >= 0.6 is 0 Å². The number of alkyl halides is 1. The van der Waals surface area contributed by atoms with E-state index in [1.807, 2.05) is 0 Å². The highest BCUT2D eigenvalue weighted by Gasteiger charge is 2.62. The van der Waals surface area contributed by atoms with Gasteiger partial charge >= 0.3 is 5.97 Å². The van der Waals surface area contributed by atoms with Crippen LogP contribution in [0.15, 0.2) is 0 Å². The molecule has 2 aliphatic carbocycles. The second-order valence-electron chi connectivity index (χ2n) is 4.39. The molecule has 1 N–H and O–H groups in total. The summed E-state index contributed by atoms with van der Waals surface area (Å²) in [5.41, 5.74) is -0.146. The second kappa shape index (κ2) is 3.19. The van der Waals surface area contributed by atoms with Crippen molar-refractivity contribution in [1.82, 2.24) is 0 Å². The van der Waals surface area contributed by atoms with Gasteiger partial charge in [0.15, 0.2) is 0 Å². The van der Waals surface area contributed by atoms with Crippen LogP contribution < -0.4 is 0 Å². The van der Waals surface area contributed by atoms with Crippen LogP contribution in [0.4, 0.5) is 4.39 Å². The van der Waals surface area contributed by atoms with Gasteiger partial charge in [-0.2, -0.15) is 0 Å². The van der Waals surface area contributed by atoms with E-state index in [0.29, 0.717) is 6.42 Å². The van der Waals surface area contributed by atoms with Crippen LogP contribution in [-0.2, 0) is 9.53 Å². The van der Waals surface area contributed by atoms with Gasteiger partial charge in [0.2, 0.25) is 6.17 Å². The third kappa shape index (κ3) is 1.10. The molecule has 2 fully saturated rings. The number of carbonyl (C=O) groups is 1. The van der Waals surface area contributed by atoms with Crippen molar-refractivity contribution in [3.63, 3.8) is 0 Å². The molecule has 0 saturated heterocycles. The summed E-state index contributed by atoms with van der Waals surface area (Å²) in [4.78, 5) is 10.5. The number of aliphatic carboxylic acids is 1. The number of hydrogen-bond acceptors (Lipinski definition) is 2. The molecule has 0 aliphatic heterocycles. The van der Waals surface area contributed by atoms with E-state index in [1.165, 1.54) is 0 Å². The Labute approximate surface area is 82.2 Å². The van der Waals surface area contributed by atoms with Crippen LogP contribution in [0.25, 0.3) is 0 Å². The first-order valence-corrected chi connectivity index (χ1v) is 5.01. The molecule has 0 aromatic heterocycles. The number of carboxylic acids is 1. The first-order chi connectivity index (χ1) is 6.62. The topological polar surface area (TPSA) is 46.5 Å². The largest absolute Gasteiger partial charge is 0.479 e. The van der Waals surface area contributed by atoms with Crippen molar-refractivity contribution in [2.75, 3.05) is 7.11 Å². The molecule has 2 aliphatic rings. The number of ether oxygens (including phenoxy) is 1. The fourth-order valence-electron chi connectivity index (χ4n) is 2.97. The minimum Gasteiger partial charge on any atom is -0.479 e. The summed E-state index contributed by atoms with van der Waals surface area (Å²) in [6, 6.07) is 0. The summed E-state index contributed by atoms with van der Waals surface area (Å²) in [6.07, 6.45) is 1.85. The summed E-state index contributed by atoms with van der Waals surface area (Å²) < 4.78 is 18.6. The van der Waals surface area contributed by atoms with E-state index in [2.05, 4.69) is 0 Å². The van der Waals surface area contributed by atoms with Crippen molar-refractivity contribution in [3.8, 4) is 0 Å². The Balaban J connectivity index is 2.06. The molecule has 0 amide bonds. The highest BCUT2D eigenvalue weighted by molar-refractivity contribution is 5.73. The van der Waals surface area contributed by atoms with E-state index < -0.39 is 12.1 Å². The van der Waals surface area contributed by atoms with Gasteiger partial charge in [-0.15, -0.1) is 0 Å². The lowest BCUT2D eigenvalue weighted by molar-refractivity contribution is -0.209. The predicted octanol–water partition coefficient (Wildman–Crippen LogP) is 1.61. The Kier molecular flexibility index (Phi) is 2.26. The van der Waals surface area contributed by atoms with Gasteiger partial charge in [0, 0.05) is 18.4 Å². The smallest absolute Gasteiger partial charge is 0.338 e. The molecule has 0 heterocycles. The molecular formula is C10H15FO3. The van der Waals surface area contributed by atoms with Crippen LogP contribution in [0.1, 0.15) is 25.7 Å². The highest BCUT2D eigenvalue weighted by atomic mass is 19.1. The van der Waals surface area contributed by atoms with E-state index in [9.17, 15) is 9.18 Å². The van der Waals surface area contributed by atoms with Gasteiger partial charge in [0.05, 0.1) is 6.10 Å². The van der Waals surface area contributed by atoms with Gasteiger partial charge < -0.3 is 9.84 Å². The Hall–Kier alpha value is -0.640. The molecule has 80 valence electrons. The minimum absolute atomic E-state index is 0.0823. The van der Waals surface area contributed by atoms with Gasteiger partial charge in [0.25, 0.3) is 0 Å². The molecule has 14 heavy (non-hydrogen) atoms. The monoisotopic (exact) mass is 202 g/mol. The van der Waals surface area contributed by atoms with Crippen LogP contribution in [-0.4, -0.2) is 30.5 Å². The summed E-state index contributed by atoms with van der Waals surface area (Å²) in [6.45, 7) is 0. The lowest BCUT2D eigenvalue weighted by atomic mass is 9.47. The Morgan fingerprint density at radius 2 is 2.29 bits per heavy atom. The average molecular weight is 202 g/mol. The summed E-state index contributed by atoms with van der Waals surface area (Å²) in [5, 5.41) is 8.61. The van der Waals surface area contributed by atoms with Crippen LogP contribution in [0, 0.1) is 11.3 Å². The average Bonchev–Trinajstić information content (AvgIpc) is 1.99. The van der Waals surface area contributed by atoms with Crippen LogP contribution in [0.5, 0.6) is 0 Å². The van der Waals surface area contributed by atoms with Crippen molar-refractivity contribution < 1.29 is 19.0 Å². The molecule has 0 aromatic rings. The molecule has 2 rings (SSSR count). The SMILES string of the molecule is COC1CC(C(F)C(=O)O)C12CCC2. The molecule has 1 spiro atoms. The molecule has 4 heteroatoms.